The summed E-state index contributed by atoms with van der Waals surface area (Å²) in [6, 6.07) is 10.2. The first-order valence-electron chi connectivity index (χ1n) is 4.40. The van der Waals surface area contributed by atoms with Crippen molar-refractivity contribution in [3.05, 3.63) is 30.3 Å². The first-order chi connectivity index (χ1) is 6.45. The molecule has 0 saturated carbocycles. The Balaban J connectivity index is 1.90. The molecular formula is C10H12O2S. The molecule has 0 atom stereocenters. The Hall–Kier alpha value is -0.510. The maximum Gasteiger partial charge on any atom is 0.211 e. The number of hydrogen-bond donors (Lipinski definition) is 0. The van der Waals surface area contributed by atoms with Crippen LogP contribution in [0.3, 0.4) is 0 Å². The quantitative estimate of drug-likeness (QED) is 0.724. The van der Waals surface area contributed by atoms with E-state index in [-0.39, 0.29) is 5.62 Å². The van der Waals surface area contributed by atoms with Gasteiger partial charge in [-0.2, -0.15) is 0 Å². The summed E-state index contributed by atoms with van der Waals surface area (Å²) in [6.45, 7) is 1.62. The van der Waals surface area contributed by atoms with E-state index in [1.807, 2.05) is 18.2 Å². The predicted molar refractivity (Wildman–Crippen MR) is 52.6 cm³/mol. The molecule has 13 heavy (non-hydrogen) atoms. The van der Waals surface area contributed by atoms with E-state index in [1.165, 1.54) is 4.90 Å². The zero-order valence-corrected chi connectivity index (χ0v) is 8.13. The van der Waals surface area contributed by atoms with E-state index in [0.717, 1.165) is 19.6 Å². The monoisotopic (exact) mass is 196 g/mol. The third-order valence-corrected chi connectivity index (χ3v) is 2.78. The Labute approximate surface area is 82.2 Å². The van der Waals surface area contributed by atoms with Gasteiger partial charge in [0.2, 0.25) is 5.62 Å². The SMILES string of the molecule is c1ccc(SC2OCCCO2)cc1. The van der Waals surface area contributed by atoms with E-state index in [9.17, 15) is 0 Å². The minimum absolute atomic E-state index is 0.115. The van der Waals surface area contributed by atoms with Gasteiger partial charge in [0.15, 0.2) is 0 Å². The molecule has 0 N–H and O–H groups in total. The summed E-state index contributed by atoms with van der Waals surface area (Å²) in [5, 5.41) is 0. The summed E-state index contributed by atoms with van der Waals surface area (Å²) in [7, 11) is 0. The molecule has 0 spiro atoms. The van der Waals surface area contributed by atoms with Crippen molar-refractivity contribution >= 4 is 11.8 Å². The van der Waals surface area contributed by atoms with Gasteiger partial charge in [-0.25, -0.2) is 0 Å². The molecule has 0 radical (unpaired) electrons. The van der Waals surface area contributed by atoms with Gasteiger partial charge in [-0.15, -0.1) is 0 Å². The molecule has 1 saturated heterocycles. The van der Waals surface area contributed by atoms with Crippen LogP contribution in [0.5, 0.6) is 0 Å². The second-order valence-electron chi connectivity index (χ2n) is 2.81. The lowest BCUT2D eigenvalue weighted by atomic mass is 10.4. The second-order valence-corrected chi connectivity index (χ2v) is 3.91. The highest BCUT2D eigenvalue weighted by atomic mass is 32.2. The average Bonchev–Trinajstić information content (AvgIpc) is 2.21. The van der Waals surface area contributed by atoms with Crippen molar-refractivity contribution in [2.45, 2.75) is 16.9 Å². The molecule has 0 unspecified atom stereocenters. The van der Waals surface area contributed by atoms with Gasteiger partial charge < -0.3 is 9.47 Å². The van der Waals surface area contributed by atoms with E-state index in [0.29, 0.717) is 0 Å². The van der Waals surface area contributed by atoms with Crippen LogP contribution < -0.4 is 0 Å². The lowest BCUT2D eigenvalue weighted by Gasteiger charge is -2.22. The van der Waals surface area contributed by atoms with Crippen molar-refractivity contribution in [3.63, 3.8) is 0 Å². The summed E-state index contributed by atoms with van der Waals surface area (Å²) in [6.07, 6.45) is 1.01. The van der Waals surface area contributed by atoms with Gasteiger partial charge in [-0.05, 0) is 18.6 Å². The van der Waals surface area contributed by atoms with E-state index in [4.69, 9.17) is 9.47 Å². The number of ether oxygens (including phenoxy) is 2. The van der Waals surface area contributed by atoms with Crippen LogP contribution >= 0.6 is 11.8 Å². The average molecular weight is 196 g/mol. The van der Waals surface area contributed by atoms with Crippen LogP contribution in [0.1, 0.15) is 6.42 Å². The minimum Gasteiger partial charge on any atom is -0.343 e. The molecular weight excluding hydrogens is 184 g/mol. The number of thioether (sulfide) groups is 1. The van der Waals surface area contributed by atoms with Crippen LogP contribution in [0.25, 0.3) is 0 Å². The fourth-order valence-corrected chi connectivity index (χ4v) is 2.01. The molecule has 2 nitrogen and oxygen atoms in total. The highest BCUT2D eigenvalue weighted by Crippen LogP contribution is 2.26. The Kier molecular flexibility index (Phi) is 3.24. The molecule has 2 rings (SSSR count). The van der Waals surface area contributed by atoms with Gasteiger partial charge in [0, 0.05) is 4.90 Å². The Bertz CT molecular complexity index is 244. The molecule has 1 fully saturated rings. The van der Waals surface area contributed by atoms with Crippen LogP contribution in [-0.4, -0.2) is 18.8 Å². The van der Waals surface area contributed by atoms with Crippen molar-refractivity contribution in [1.29, 1.82) is 0 Å². The van der Waals surface area contributed by atoms with Gasteiger partial charge in [-0.1, -0.05) is 30.0 Å². The van der Waals surface area contributed by atoms with Crippen LogP contribution in [-0.2, 0) is 9.47 Å². The zero-order valence-electron chi connectivity index (χ0n) is 7.31. The van der Waals surface area contributed by atoms with Crippen molar-refractivity contribution in [1.82, 2.24) is 0 Å². The maximum atomic E-state index is 5.42. The fourth-order valence-electron chi connectivity index (χ4n) is 1.14. The largest absolute Gasteiger partial charge is 0.343 e. The fraction of sp³-hybridized carbons (Fsp3) is 0.400. The van der Waals surface area contributed by atoms with Gasteiger partial charge in [0.05, 0.1) is 13.2 Å². The zero-order chi connectivity index (χ0) is 8.93. The van der Waals surface area contributed by atoms with Crippen molar-refractivity contribution < 1.29 is 9.47 Å². The molecule has 1 aromatic carbocycles. The van der Waals surface area contributed by atoms with E-state index in [2.05, 4.69) is 12.1 Å². The molecule has 0 aromatic heterocycles. The maximum absolute atomic E-state index is 5.42. The first kappa shape index (κ1) is 9.06. The first-order valence-corrected chi connectivity index (χ1v) is 5.28. The molecule has 1 heterocycles. The van der Waals surface area contributed by atoms with Crippen LogP contribution in [0.4, 0.5) is 0 Å². The number of benzene rings is 1. The molecule has 70 valence electrons. The van der Waals surface area contributed by atoms with Crippen LogP contribution in [0, 0.1) is 0 Å². The smallest absolute Gasteiger partial charge is 0.211 e. The standard InChI is InChI=1S/C10H12O2S/c1-2-5-9(6-3-1)13-10-11-7-4-8-12-10/h1-3,5-6,10H,4,7-8H2. The van der Waals surface area contributed by atoms with Gasteiger partial charge in [-0.3, -0.25) is 0 Å². The summed E-state index contributed by atoms with van der Waals surface area (Å²) < 4.78 is 10.8. The second kappa shape index (κ2) is 4.65. The summed E-state index contributed by atoms with van der Waals surface area (Å²) in [5.41, 5.74) is -0.115. The minimum atomic E-state index is -0.115. The highest BCUT2D eigenvalue weighted by Gasteiger charge is 2.14. The molecule has 3 heteroatoms. The predicted octanol–water partition coefficient (Wildman–Crippen LogP) is 2.50. The molecule has 1 aliphatic rings. The lowest BCUT2D eigenvalue weighted by Crippen LogP contribution is -2.21. The number of hydrogen-bond acceptors (Lipinski definition) is 3. The van der Waals surface area contributed by atoms with Crippen LogP contribution in [0.15, 0.2) is 35.2 Å². The Morgan fingerprint density at radius 2 is 1.77 bits per heavy atom. The summed E-state index contributed by atoms with van der Waals surface area (Å²) in [5.74, 6) is 0. The molecule has 1 aromatic rings. The van der Waals surface area contributed by atoms with E-state index in [1.54, 1.807) is 11.8 Å². The molecule has 1 aliphatic heterocycles. The van der Waals surface area contributed by atoms with Crippen molar-refractivity contribution in [3.8, 4) is 0 Å². The topological polar surface area (TPSA) is 18.5 Å². The Morgan fingerprint density at radius 3 is 2.46 bits per heavy atom. The third kappa shape index (κ3) is 2.72. The molecule has 0 amide bonds. The molecule has 0 aliphatic carbocycles. The van der Waals surface area contributed by atoms with E-state index >= 15 is 0 Å². The van der Waals surface area contributed by atoms with Crippen molar-refractivity contribution in [2.24, 2.45) is 0 Å². The van der Waals surface area contributed by atoms with Gasteiger partial charge in [0.1, 0.15) is 0 Å². The molecule has 0 bridgehead atoms. The Morgan fingerprint density at radius 1 is 1.08 bits per heavy atom. The third-order valence-electron chi connectivity index (χ3n) is 1.77. The van der Waals surface area contributed by atoms with Gasteiger partial charge >= 0.3 is 0 Å². The number of rotatable bonds is 2. The van der Waals surface area contributed by atoms with Crippen LogP contribution in [0.2, 0.25) is 0 Å². The summed E-state index contributed by atoms with van der Waals surface area (Å²) in [4.78, 5) is 1.19. The lowest BCUT2D eigenvalue weighted by molar-refractivity contribution is -0.123. The van der Waals surface area contributed by atoms with E-state index < -0.39 is 0 Å². The van der Waals surface area contributed by atoms with Gasteiger partial charge in [0.25, 0.3) is 0 Å². The normalized spacial score (nSPS) is 18.8. The van der Waals surface area contributed by atoms with Crippen molar-refractivity contribution in [2.75, 3.05) is 13.2 Å². The highest BCUT2D eigenvalue weighted by molar-refractivity contribution is 7.99. The summed E-state index contributed by atoms with van der Waals surface area (Å²) >= 11 is 1.62.